The zero-order chi connectivity index (χ0) is 27.6. The Bertz CT molecular complexity index is 1030. The Morgan fingerprint density at radius 1 is 0.947 bits per heavy atom. The third-order valence-electron chi connectivity index (χ3n) is 8.16. The van der Waals surface area contributed by atoms with Crippen molar-refractivity contribution in [1.29, 1.82) is 0 Å². The van der Waals surface area contributed by atoms with Crippen LogP contribution in [0.2, 0.25) is 0 Å². The van der Waals surface area contributed by atoms with Crippen LogP contribution in [0.15, 0.2) is 12.1 Å². The van der Waals surface area contributed by atoms with Crippen LogP contribution in [0.4, 0.5) is 4.79 Å². The smallest absolute Gasteiger partial charge is 0.410 e. The number of carboxylic acids is 1. The number of hydrogen-bond acceptors (Lipinski definition) is 7. The molecule has 210 valence electrons. The van der Waals surface area contributed by atoms with Gasteiger partial charge in [0.2, 0.25) is 0 Å². The first-order valence-corrected chi connectivity index (χ1v) is 13.8. The summed E-state index contributed by atoms with van der Waals surface area (Å²) in [6.07, 6.45) is 5.95. The first-order valence-electron chi connectivity index (χ1n) is 13.8. The molecule has 38 heavy (non-hydrogen) atoms. The number of hydrogen-bond donors (Lipinski definition) is 1. The lowest BCUT2D eigenvalue weighted by Crippen LogP contribution is -2.52. The fourth-order valence-electron chi connectivity index (χ4n) is 6.01. The maximum absolute atomic E-state index is 12.3. The van der Waals surface area contributed by atoms with Crippen molar-refractivity contribution in [3.63, 3.8) is 0 Å². The van der Waals surface area contributed by atoms with Gasteiger partial charge in [-0.1, -0.05) is 6.07 Å². The lowest BCUT2D eigenvalue weighted by atomic mass is 9.81. The van der Waals surface area contributed by atoms with Gasteiger partial charge in [-0.2, -0.15) is 0 Å². The number of esters is 1. The summed E-state index contributed by atoms with van der Waals surface area (Å²) in [4.78, 5) is 40.6. The predicted molar refractivity (Wildman–Crippen MR) is 142 cm³/mol. The number of carbonyl (C=O) groups excluding carboxylic acids is 2. The van der Waals surface area contributed by atoms with Crippen LogP contribution in [-0.2, 0) is 14.2 Å². The highest BCUT2D eigenvalue weighted by molar-refractivity contribution is 6.03. The zero-order valence-corrected chi connectivity index (χ0v) is 23.3. The minimum atomic E-state index is -1.12. The molecule has 2 saturated heterocycles. The van der Waals surface area contributed by atoms with Gasteiger partial charge in [0.15, 0.2) is 0 Å². The molecule has 9 nitrogen and oxygen atoms in total. The second-order valence-corrected chi connectivity index (χ2v) is 11.9. The van der Waals surface area contributed by atoms with Gasteiger partial charge in [0.25, 0.3) is 0 Å². The monoisotopic (exact) mass is 530 g/mol. The molecule has 2 heterocycles. The second kappa shape index (κ2) is 11.6. The van der Waals surface area contributed by atoms with E-state index in [1.165, 1.54) is 13.2 Å². The molecule has 1 saturated carbocycles. The van der Waals surface area contributed by atoms with Gasteiger partial charge in [-0.15, -0.1) is 0 Å². The topological polar surface area (TPSA) is 106 Å². The van der Waals surface area contributed by atoms with Crippen molar-refractivity contribution in [2.24, 2.45) is 0 Å². The van der Waals surface area contributed by atoms with Crippen molar-refractivity contribution in [2.45, 2.75) is 96.0 Å². The molecule has 4 rings (SSSR count). The van der Waals surface area contributed by atoms with Crippen molar-refractivity contribution in [3.05, 3.63) is 34.4 Å². The Kier molecular flexibility index (Phi) is 8.67. The Morgan fingerprint density at radius 3 is 2.13 bits per heavy atom. The number of amides is 1. The van der Waals surface area contributed by atoms with E-state index < -0.39 is 17.5 Å². The SMILES string of the molecule is COC(=O)c1c(C(=O)O)ccc(C2CCN(C3CC(OC4CCN(C(=O)OC(C)(C)C)CC4)C3)CC2)c1C. The Balaban J connectivity index is 1.22. The molecule has 0 atom stereocenters. The molecule has 1 N–H and O–H groups in total. The molecule has 0 unspecified atom stereocenters. The Morgan fingerprint density at radius 2 is 1.58 bits per heavy atom. The van der Waals surface area contributed by atoms with Crippen molar-refractivity contribution in [3.8, 4) is 0 Å². The first-order chi connectivity index (χ1) is 18.0. The maximum atomic E-state index is 12.3. The van der Waals surface area contributed by atoms with E-state index in [0.717, 1.165) is 57.2 Å². The van der Waals surface area contributed by atoms with E-state index in [1.54, 1.807) is 4.90 Å². The minimum absolute atomic E-state index is 0.00781. The molecule has 0 bridgehead atoms. The Hall–Kier alpha value is -2.65. The van der Waals surface area contributed by atoms with E-state index in [0.29, 0.717) is 30.6 Å². The summed E-state index contributed by atoms with van der Waals surface area (Å²) in [5.74, 6) is -1.43. The molecule has 1 aromatic carbocycles. The van der Waals surface area contributed by atoms with E-state index in [4.69, 9.17) is 14.2 Å². The molecule has 3 aliphatic rings. The number of methoxy groups -OCH3 is 1. The van der Waals surface area contributed by atoms with Crippen LogP contribution in [0.5, 0.6) is 0 Å². The standard InChI is InChI=1S/C29H42N2O7/c1-18-23(6-7-24(26(32)33)25(18)27(34)36-5)19-8-12-30(13-9-19)20-16-22(17-20)37-21-10-14-31(15-11-21)28(35)38-29(2,3)4/h6-7,19-22H,8-17H2,1-5H3,(H,32,33). The number of carboxylic acid groups (broad SMARTS) is 1. The summed E-state index contributed by atoms with van der Waals surface area (Å²) in [5.41, 5.74) is 1.44. The lowest BCUT2D eigenvalue weighted by molar-refractivity contribution is -0.105. The van der Waals surface area contributed by atoms with E-state index in [-0.39, 0.29) is 29.4 Å². The quantitative estimate of drug-likeness (QED) is 0.532. The van der Waals surface area contributed by atoms with Crippen molar-refractivity contribution in [2.75, 3.05) is 33.3 Å². The number of rotatable bonds is 6. The molecule has 0 spiro atoms. The van der Waals surface area contributed by atoms with E-state index in [9.17, 15) is 19.5 Å². The average Bonchev–Trinajstić information content (AvgIpc) is 2.84. The van der Waals surface area contributed by atoms with Crippen LogP contribution in [-0.4, -0.2) is 90.1 Å². The number of ether oxygens (including phenoxy) is 3. The Labute approximate surface area is 225 Å². The summed E-state index contributed by atoms with van der Waals surface area (Å²) in [6.45, 7) is 10.8. The van der Waals surface area contributed by atoms with Crippen molar-refractivity contribution >= 4 is 18.0 Å². The van der Waals surface area contributed by atoms with Crippen LogP contribution < -0.4 is 0 Å². The fourth-order valence-corrected chi connectivity index (χ4v) is 6.01. The maximum Gasteiger partial charge on any atom is 0.410 e. The van der Waals surface area contributed by atoms with Gasteiger partial charge in [-0.25, -0.2) is 14.4 Å². The summed E-state index contributed by atoms with van der Waals surface area (Å²) >= 11 is 0. The third kappa shape index (κ3) is 6.49. The number of likely N-dealkylation sites (tertiary alicyclic amines) is 2. The molecule has 0 aromatic heterocycles. The molecule has 0 radical (unpaired) electrons. The number of nitrogens with zero attached hydrogens (tertiary/aromatic N) is 2. The van der Waals surface area contributed by atoms with E-state index >= 15 is 0 Å². The highest BCUT2D eigenvalue weighted by Gasteiger charge is 2.38. The molecule has 1 aliphatic carbocycles. The molecule has 9 heteroatoms. The highest BCUT2D eigenvalue weighted by Crippen LogP contribution is 2.37. The predicted octanol–water partition coefficient (Wildman–Crippen LogP) is 4.61. The van der Waals surface area contributed by atoms with Crippen molar-refractivity contribution < 1.29 is 33.7 Å². The van der Waals surface area contributed by atoms with E-state index in [2.05, 4.69) is 4.90 Å². The van der Waals surface area contributed by atoms with Gasteiger partial charge >= 0.3 is 18.0 Å². The van der Waals surface area contributed by atoms with Gasteiger partial charge in [0, 0.05) is 19.1 Å². The normalized spacial score (nSPS) is 23.6. The van der Waals surface area contributed by atoms with Gasteiger partial charge in [0.05, 0.1) is 30.4 Å². The highest BCUT2D eigenvalue weighted by atomic mass is 16.6. The largest absolute Gasteiger partial charge is 0.478 e. The number of benzene rings is 1. The number of aromatic carboxylic acids is 1. The molecule has 3 fully saturated rings. The van der Waals surface area contributed by atoms with Gasteiger partial charge in [0.1, 0.15) is 5.60 Å². The summed E-state index contributed by atoms with van der Waals surface area (Å²) in [7, 11) is 1.28. The summed E-state index contributed by atoms with van der Waals surface area (Å²) in [5, 5.41) is 9.52. The number of piperidine rings is 2. The average molecular weight is 531 g/mol. The van der Waals surface area contributed by atoms with Crippen LogP contribution >= 0.6 is 0 Å². The zero-order valence-electron chi connectivity index (χ0n) is 23.3. The van der Waals surface area contributed by atoms with Crippen molar-refractivity contribution in [1.82, 2.24) is 9.80 Å². The molecule has 1 aromatic rings. The van der Waals surface area contributed by atoms with Gasteiger partial charge < -0.3 is 29.1 Å². The lowest BCUT2D eigenvalue weighted by Gasteiger charge is -2.47. The summed E-state index contributed by atoms with van der Waals surface area (Å²) in [6, 6.07) is 3.94. The summed E-state index contributed by atoms with van der Waals surface area (Å²) < 4.78 is 16.7. The van der Waals surface area contributed by atoms with Crippen LogP contribution in [0.1, 0.15) is 97.1 Å². The van der Waals surface area contributed by atoms with Gasteiger partial charge in [-0.3, -0.25) is 0 Å². The molecular weight excluding hydrogens is 488 g/mol. The minimum Gasteiger partial charge on any atom is -0.478 e. The first kappa shape index (κ1) is 28.4. The molecule has 1 amide bonds. The van der Waals surface area contributed by atoms with Crippen LogP contribution in [0.3, 0.4) is 0 Å². The number of carbonyl (C=O) groups is 3. The molecular formula is C29H42N2O7. The second-order valence-electron chi connectivity index (χ2n) is 11.9. The van der Waals surface area contributed by atoms with Crippen LogP contribution in [0, 0.1) is 6.92 Å². The molecule has 2 aliphatic heterocycles. The van der Waals surface area contributed by atoms with Gasteiger partial charge in [-0.05, 0) is 102 Å². The third-order valence-corrected chi connectivity index (χ3v) is 8.16. The fraction of sp³-hybridized carbons (Fsp3) is 0.690. The van der Waals surface area contributed by atoms with E-state index in [1.807, 2.05) is 33.8 Å². The van der Waals surface area contributed by atoms with Crippen LogP contribution in [0.25, 0.3) is 0 Å².